The first-order valence-corrected chi connectivity index (χ1v) is 12.0. The predicted molar refractivity (Wildman–Crippen MR) is 136 cm³/mol. The molecule has 0 aliphatic carbocycles. The fourth-order valence-corrected chi connectivity index (χ4v) is 5.03. The maximum absolute atomic E-state index is 13.8. The van der Waals surface area contributed by atoms with Crippen LogP contribution in [-0.2, 0) is 11.2 Å². The van der Waals surface area contributed by atoms with Crippen LogP contribution in [0, 0.1) is 0 Å². The van der Waals surface area contributed by atoms with Crippen molar-refractivity contribution < 1.29 is 49.8 Å². The summed E-state index contributed by atoms with van der Waals surface area (Å²) in [6.45, 7) is -0.258. The molecule has 40 heavy (non-hydrogen) atoms. The van der Waals surface area contributed by atoms with Crippen molar-refractivity contribution in [3.8, 4) is 34.4 Å². The Bertz CT molecular complexity index is 1530. The number of nitrogens with zero attached hydrogens (tertiary/aromatic N) is 4. The van der Waals surface area contributed by atoms with Gasteiger partial charge in [0.1, 0.15) is 22.8 Å². The van der Waals surface area contributed by atoms with E-state index in [0.29, 0.717) is 11.4 Å². The monoisotopic (exact) mass is 555 g/mol. The molecule has 0 bridgehead atoms. The van der Waals surface area contributed by atoms with Crippen LogP contribution in [0.2, 0.25) is 0 Å². The van der Waals surface area contributed by atoms with E-state index in [1.54, 1.807) is 24.3 Å². The SMILES string of the molecule is COc1ccc(-n2nc(C(N)=O)c3c2C(=O)N(c2c(O)c(O)c(N4C(=O)CCCC4(O)O)c(O)c2O)CC3)cc1. The molecule has 0 radical (unpaired) electrons. The van der Waals surface area contributed by atoms with Gasteiger partial charge < -0.3 is 41.1 Å². The normalized spacial score (nSPS) is 16.7. The van der Waals surface area contributed by atoms with Gasteiger partial charge in [-0.3, -0.25) is 24.2 Å². The molecule has 1 fully saturated rings. The van der Waals surface area contributed by atoms with Gasteiger partial charge in [-0.15, -0.1) is 0 Å². The molecule has 0 atom stereocenters. The van der Waals surface area contributed by atoms with Crippen molar-refractivity contribution in [1.82, 2.24) is 9.78 Å². The maximum atomic E-state index is 13.8. The average molecular weight is 556 g/mol. The van der Waals surface area contributed by atoms with E-state index in [1.165, 1.54) is 7.11 Å². The highest BCUT2D eigenvalue weighted by atomic mass is 16.5. The topological polar surface area (TPSA) is 232 Å². The molecule has 8 N–H and O–H groups in total. The number of carbonyl (C=O) groups is 3. The number of aromatic nitrogens is 2. The van der Waals surface area contributed by atoms with E-state index >= 15 is 0 Å². The van der Waals surface area contributed by atoms with Crippen molar-refractivity contribution in [1.29, 1.82) is 0 Å². The molecule has 210 valence electrons. The van der Waals surface area contributed by atoms with Gasteiger partial charge in [0, 0.05) is 24.9 Å². The number of rotatable bonds is 5. The number of benzene rings is 2. The first-order chi connectivity index (χ1) is 18.9. The zero-order valence-electron chi connectivity index (χ0n) is 21.0. The summed E-state index contributed by atoms with van der Waals surface area (Å²) in [6, 6.07) is 6.32. The summed E-state index contributed by atoms with van der Waals surface area (Å²) in [5.74, 6) is -9.63. The van der Waals surface area contributed by atoms with Gasteiger partial charge in [0.05, 0.1) is 12.8 Å². The molecule has 15 heteroatoms. The standard InChI is InChI=1S/C25H25N5O10/c1-40-12-6-4-11(5-7-12)30-16-13(15(27-30)23(26)36)8-10-28(24(16)37)17-19(32)21(34)18(22(35)20(17)33)29-14(31)3-2-9-25(29,38)39/h4-7,32-35,38-39H,2-3,8-10H2,1H3,(H2,26,36). The summed E-state index contributed by atoms with van der Waals surface area (Å²) in [7, 11) is 1.47. The van der Waals surface area contributed by atoms with E-state index in [4.69, 9.17) is 10.5 Å². The lowest BCUT2D eigenvalue weighted by Gasteiger charge is -2.39. The van der Waals surface area contributed by atoms with E-state index in [9.17, 15) is 45.0 Å². The molecule has 2 aliphatic rings. The third kappa shape index (κ3) is 3.90. The highest BCUT2D eigenvalue weighted by molar-refractivity contribution is 6.12. The maximum Gasteiger partial charge on any atom is 0.277 e. The molecule has 1 aromatic heterocycles. The molecule has 3 aromatic rings. The number of fused-ring (bicyclic) bond motifs is 1. The molecule has 5 rings (SSSR count). The van der Waals surface area contributed by atoms with Crippen LogP contribution in [0.15, 0.2) is 24.3 Å². The Balaban J connectivity index is 1.65. The number of piperidine rings is 1. The number of hydrogen-bond acceptors (Lipinski definition) is 11. The minimum Gasteiger partial charge on any atom is -0.503 e. The van der Waals surface area contributed by atoms with Crippen molar-refractivity contribution in [2.45, 2.75) is 31.6 Å². The third-order valence-electron chi connectivity index (χ3n) is 6.92. The lowest BCUT2D eigenvalue weighted by molar-refractivity contribution is -0.181. The summed E-state index contributed by atoms with van der Waals surface area (Å²) in [4.78, 5) is 39.5. The van der Waals surface area contributed by atoms with E-state index in [2.05, 4.69) is 5.10 Å². The Morgan fingerprint density at radius 1 is 0.975 bits per heavy atom. The molecule has 0 unspecified atom stereocenters. The van der Waals surface area contributed by atoms with Gasteiger partial charge in [-0.25, -0.2) is 4.68 Å². The highest BCUT2D eigenvalue weighted by Crippen LogP contribution is 2.57. The second-order valence-electron chi connectivity index (χ2n) is 9.31. The third-order valence-corrected chi connectivity index (χ3v) is 6.92. The van der Waals surface area contributed by atoms with Crippen LogP contribution in [0.3, 0.4) is 0 Å². The molecule has 0 spiro atoms. The number of amides is 3. The van der Waals surface area contributed by atoms with Gasteiger partial charge in [0.15, 0.2) is 28.7 Å². The number of nitrogens with two attached hydrogens (primary N) is 1. The minimum atomic E-state index is -2.84. The van der Waals surface area contributed by atoms with Crippen LogP contribution in [-0.4, -0.2) is 77.7 Å². The number of carbonyl (C=O) groups excluding carboxylic acids is 3. The summed E-state index contributed by atoms with van der Waals surface area (Å²) in [6.07, 6.45) is -0.444. The molecular weight excluding hydrogens is 530 g/mol. The lowest BCUT2D eigenvalue weighted by atomic mass is 10.0. The first-order valence-electron chi connectivity index (χ1n) is 12.0. The summed E-state index contributed by atoms with van der Waals surface area (Å²) >= 11 is 0. The van der Waals surface area contributed by atoms with Crippen LogP contribution in [0.1, 0.15) is 45.8 Å². The number of ether oxygens (including phenoxy) is 1. The molecular formula is C25H25N5O10. The van der Waals surface area contributed by atoms with Crippen molar-refractivity contribution in [2.75, 3.05) is 23.5 Å². The smallest absolute Gasteiger partial charge is 0.277 e. The number of aromatic hydroxyl groups is 4. The second kappa shape index (κ2) is 9.32. The van der Waals surface area contributed by atoms with Gasteiger partial charge in [-0.1, -0.05) is 0 Å². The molecule has 3 heterocycles. The Labute approximate surface area is 225 Å². The number of primary amides is 1. The fourth-order valence-electron chi connectivity index (χ4n) is 5.03. The number of phenolic OH excluding ortho intramolecular Hbond substituents is 4. The Morgan fingerprint density at radius 2 is 1.57 bits per heavy atom. The van der Waals surface area contributed by atoms with Crippen molar-refractivity contribution in [3.63, 3.8) is 0 Å². The zero-order chi connectivity index (χ0) is 29.1. The minimum absolute atomic E-state index is 0.0291. The van der Waals surface area contributed by atoms with Gasteiger partial charge in [0.2, 0.25) is 5.91 Å². The Kier molecular flexibility index (Phi) is 6.19. The van der Waals surface area contributed by atoms with E-state index in [0.717, 1.165) is 9.58 Å². The van der Waals surface area contributed by atoms with Crippen LogP contribution in [0.25, 0.3) is 5.69 Å². The molecule has 2 aromatic carbocycles. The van der Waals surface area contributed by atoms with Gasteiger partial charge in [-0.05, 0) is 37.1 Å². The lowest BCUT2D eigenvalue weighted by Crippen LogP contribution is -2.55. The quantitative estimate of drug-likeness (QED) is 0.127. The molecule has 15 nitrogen and oxygen atoms in total. The second-order valence-corrected chi connectivity index (χ2v) is 9.31. The van der Waals surface area contributed by atoms with Crippen LogP contribution in [0.5, 0.6) is 28.7 Å². The predicted octanol–water partition coefficient (Wildman–Crippen LogP) is 0.160. The summed E-state index contributed by atoms with van der Waals surface area (Å²) in [5, 5.41) is 68.3. The highest BCUT2D eigenvalue weighted by Gasteiger charge is 2.46. The number of phenols is 4. The van der Waals surface area contributed by atoms with Gasteiger partial charge in [0.25, 0.3) is 17.7 Å². The molecule has 3 amide bonds. The summed E-state index contributed by atoms with van der Waals surface area (Å²) in [5.41, 5.74) is 4.08. The first kappa shape index (κ1) is 26.6. The Hall–Kier alpha value is -5.02. The largest absolute Gasteiger partial charge is 0.503 e. The van der Waals surface area contributed by atoms with Crippen LogP contribution >= 0.6 is 0 Å². The van der Waals surface area contributed by atoms with Crippen molar-refractivity contribution >= 4 is 29.1 Å². The zero-order valence-corrected chi connectivity index (χ0v) is 21.0. The fraction of sp³-hybridized carbons (Fsp3) is 0.280. The number of methoxy groups -OCH3 is 1. The van der Waals surface area contributed by atoms with E-state index < -0.39 is 58.0 Å². The van der Waals surface area contributed by atoms with Crippen LogP contribution < -0.4 is 20.3 Å². The Morgan fingerprint density at radius 3 is 2.12 bits per heavy atom. The van der Waals surface area contributed by atoms with E-state index in [-0.39, 0.29) is 54.1 Å². The average Bonchev–Trinajstić information content (AvgIpc) is 3.31. The number of aliphatic hydroxyl groups is 2. The van der Waals surface area contributed by atoms with Crippen molar-refractivity contribution in [3.05, 3.63) is 41.2 Å². The molecule has 1 saturated heterocycles. The number of hydrogen-bond donors (Lipinski definition) is 7. The molecule has 0 saturated carbocycles. The molecule has 2 aliphatic heterocycles. The van der Waals surface area contributed by atoms with Crippen LogP contribution in [0.4, 0.5) is 11.4 Å². The van der Waals surface area contributed by atoms with Gasteiger partial charge in [-0.2, -0.15) is 5.10 Å². The number of anilines is 2. The van der Waals surface area contributed by atoms with Gasteiger partial charge >= 0.3 is 0 Å². The summed E-state index contributed by atoms with van der Waals surface area (Å²) < 4.78 is 6.30. The van der Waals surface area contributed by atoms with E-state index in [1.807, 2.05) is 0 Å². The van der Waals surface area contributed by atoms with Crippen molar-refractivity contribution in [2.24, 2.45) is 5.73 Å².